The first-order valence-electron chi connectivity index (χ1n) is 4.17. The number of carbonyl (C=O) groups excluding carboxylic acids is 2. The molecular formula is C9H15ClO3. The molecule has 1 fully saturated rings. The van der Waals surface area contributed by atoms with E-state index in [-0.39, 0.29) is 16.8 Å². The highest BCUT2D eigenvalue weighted by Crippen LogP contribution is 2.30. The molecule has 0 aliphatic heterocycles. The van der Waals surface area contributed by atoms with E-state index in [1.165, 1.54) is 0 Å². The van der Waals surface area contributed by atoms with Crippen molar-refractivity contribution < 1.29 is 14.3 Å². The second-order valence-electron chi connectivity index (χ2n) is 3.90. The Morgan fingerprint density at radius 3 is 1.92 bits per heavy atom. The summed E-state index contributed by atoms with van der Waals surface area (Å²) in [5.41, 5.74) is -0.318. The van der Waals surface area contributed by atoms with Gasteiger partial charge in [0.2, 0.25) is 5.24 Å². The second-order valence-corrected chi connectivity index (χ2v) is 4.28. The van der Waals surface area contributed by atoms with Crippen LogP contribution < -0.4 is 0 Å². The van der Waals surface area contributed by atoms with Crippen LogP contribution >= 0.6 is 11.6 Å². The molecular weight excluding hydrogens is 192 g/mol. The zero-order valence-electron chi connectivity index (χ0n) is 8.17. The molecule has 0 radical (unpaired) electrons. The zero-order valence-corrected chi connectivity index (χ0v) is 8.93. The number of hydrogen-bond acceptors (Lipinski definition) is 3. The minimum Gasteiger partial charge on any atom is -0.462 e. The van der Waals surface area contributed by atoms with E-state index in [9.17, 15) is 9.59 Å². The van der Waals surface area contributed by atoms with E-state index in [0.717, 1.165) is 12.8 Å². The first-order chi connectivity index (χ1) is 5.87. The molecule has 13 heavy (non-hydrogen) atoms. The minimum atomic E-state index is -0.318. The molecule has 0 amide bonds. The van der Waals surface area contributed by atoms with Crippen LogP contribution in [0.3, 0.4) is 0 Å². The van der Waals surface area contributed by atoms with Crippen LogP contribution in [0.1, 0.15) is 33.6 Å². The molecule has 76 valence electrons. The average molecular weight is 207 g/mol. The van der Waals surface area contributed by atoms with Crippen molar-refractivity contribution in [2.75, 3.05) is 0 Å². The van der Waals surface area contributed by atoms with E-state index in [2.05, 4.69) is 4.74 Å². The van der Waals surface area contributed by atoms with Crippen LogP contribution in [0, 0.1) is 5.92 Å². The van der Waals surface area contributed by atoms with Crippen molar-refractivity contribution in [1.29, 1.82) is 0 Å². The predicted octanol–water partition coefficient (Wildman–Crippen LogP) is 2.12. The van der Waals surface area contributed by atoms with Crippen LogP contribution in [0.5, 0.6) is 0 Å². The van der Waals surface area contributed by atoms with Crippen LogP contribution in [0.4, 0.5) is 0 Å². The van der Waals surface area contributed by atoms with Crippen LogP contribution in [0.2, 0.25) is 0 Å². The van der Waals surface area contributed by atoms with Gasteiger partial charge < -0.3 is 4.74 Å². The number of rotatable bonds is 2. The van der Waals surface area contributed by atoms with Gasteiger partial charge in [-0.25, -0.2) is 0 Å². The fourth-order valence-electron chi connectivity index (χ4n) is 0.455. The van der Waals surface area contributed by atoms with Crippen LogP contribution in [0.25, 0.3) is 0 Å². The van der Waals surface area contributed by atoms with E-state index < -0.39 is 0 Å². The summed E-state index contributed by atoms with van der Waals surface area (Å²) in [7, 11) is 0. The maximum absolute atomic E-state index is 9.97. The SMILES string of the molecule is CC(C)(C)OC=O.O=C(Cl)C1CC1. The minimum absolute atomic E-state index is 0.157. The largest absolute Gasteiger partial charge is 0.462 e. The van der Waals surface area contributed by atoms with E-state index in [4.69, 9.17) is 11.6 Å². The van der Waals surface area contributed by atoms with Crippen molar-refractivity contribution in [2.45, 2.75) is 39.2 Å². The topological polar surface area (TPSA) is 43.4 Å². The number of hydrogen-bond donors (Lipinski definition) is 0. The van der Waals surface area contributed by atoms with Crippen molar-refractivity contribution in [3.05, 3.63) is 0 Å². The summed E-state index contributed by atoms with van der Waals surface area (Å²) in [4.78, 5) is 19.6. The van der Waals surface area contributed by atoms with Gasteiger partial charge in [-0.3, -0.25) is 9.59 Å². The monoisotopic (exact) mass is 206 g/mol. The highest BCUT2D eigenvalue weighted by atomic mass is 35.5. The molecule has 0 aromatic rings. The molecule has 1 aliphatic rings. The number of halogens is 1. The quantitative estimate of drug-likeness (QED) is 0.514. The standard InChI is InChI=1S/C5H10O2.C4H5ClO/c1-5(2,3)7-4-6;5-4(6)3-1-2-3/h4H,1-3H3;3H,1-2H2. The summed E-state index contributed by atoms with van der Waals surface area (Å²) < 4.78 is 4.55. The molecule has 1 rings (SSSR count). The molecule has 0 atom stereocenters. The molecule has 0 aromatic carbocycles. The Bertz CT molecular complexity index is 180. The lowest BCUT2D eigenvalue weighted by molar-refractivity contribution is -0.138. The van der Waals surface area contributed by atoms with Crippen LogP contribution in [0.15, 0.2) is 0 Å². The molecule has 0 heterocycles. The summed E-state index contributed by atoms with van der Waals surface area (Å²) in [6, 6.07) is 0. The molecule has 0 unspecified atom stereocenters. The van der Waals surface area contributed by atoms with E-state index >= 15 is 0 Å². The van der Waals surface area contributed by atoms with Gasteiger partial charge >= 0.3 is 0 Å². The summed E-state index contributed by atoms with van der Waals surface area (Å²) in [6.45, 7) is 5.92. The summed E-state index contributed by atoms with van der Waals surface area (Å²) >= 11 is 5.04. The molecule has 0 saturated heterocycles. The third-order valence-electron chi connectivity index (χ3n) is 1.30. The molecule has 0 spiro atoms. The van der Waals surface area contributed by atoms with Gasteiger partial charge in [0.15, 0.2) is 0 Å². The molecule has 1 saturated carbocycles. The Labute approximate surface area is 83.4 Å². The van der Waals surface area contributed by atoms with Gasteiger partial charge in [0.05, 0.1) is 0 Å². The first kappa shape index (κ1) is 12.4. The summed E-state index contributed by atoms with van der Waals surface area (Å²) in [5.74, 6) is 0.228. The Balaban J connectivity index is 0.000000223. The Kier molecular flexibility index (Phi) is 4.99. The summed E-state index contributed by atoms with van der Waals surface area (Å²) in [6.07, 6.45) is 2.03. The van der Waals surface area contributed by atoms with Crippen molar-refractivity contribution in [2.24, 2.45) is 5.92 Å². The maximum atomic E-state index is 9.97. The molecule has 4 heteroatoms. The second kappa shape index (κ2) is 5.22. The Morgan fingerprint density at radius 1 is 1.46 bits per heavy atom. The van der Waals surface area contributed by atoms with Gasteiger partial charge in [-0.1, -0.05) is 0 Å². The Morgan fingerprint density at radius 2 is 1.92 bits per heavy atom. The number of ether oxygens (including phenoxy) is 1. The Hall–Kier alpha value is -0.570. The third-order valence-corrected chi connectivity index (χ3v) is 1.61. The van der Waals surface area contributed by atoms with Crippen molar-refractivity contribution >= 4 is 23.3 Å². The van der Waals surface area contributed by atoms with Gasteiger partial charge in [-0.15, -0.1) is 0 Å². The van der Waals surface area contributed by atoms with Gasteiger partial charge in [0.1, 0.15) is 5.60 Å². The van der Waals surface area contributed by atoms with E-state index in [1.807, 2.05) is 20.8 Å². The fraction of sp³-hybridized carbons (Fsp3) is 0.778. The molecule has 0 bridgehead atoms. The van der Waals surface area contributed by atoms with Crippen molar-refractivity contribution in [3.8, 4) is 0 Å². The summed E-state index contributed by atoms with van der Waals surface area (Å²) in [5, 5.41) is -0.157. The average Bonchev–Trinajstić information content (AvgIpc) is 2.64. The van der Waals surface area contributed by atoms with Crippen molar-refractivity contribution in [3.63, 3.8) is 0 Å². The molecule has 1 aliphatic carbocycles. The predicted molar refractivity (Wildman–Crippen MR) is 50.5 cm³/mol. The van der Waals surface area contributed by atoms with Gasteiger partial charge in [-0.2, -0.15) is 0 Å². The molecule has 0 N–H and O–H groups in total. The lowest BCUT2D eigenvalue weighted by Gasteiger charge is -2.14. The molecule has 0 aromatic heterocycles. The fourth-order valence-corrected chi connectivity index (χ4v) is 0.673. The highest BCUT2D eigenvalue weighted by molar-refractivity contribution is 6.64. The first-order valence-corrected chi connectivity index (χ1v) is 4.55. The van der Waals surface area contributed by atoms with E-state index in [0.29, 0.717) is 6.47 Å². The lowest BCUT2D eigenvalue weighted by Crippen LogP contribution is -2.17. The van der Waals surface area contributed by atoms with Gasteiger partial charge in [-0.05, 0) is 45.2 Å². The van der Waals surface area contributed by atoms with Gasteiger partial charge in [0, 0.05) is 5.92 Å². The number of carbonyl (C=O) groups is 2. The third kappa shape index (κ3) is 9.34. The molecule has 3 nitrogen and oxygen atoms in total. The van der Waals surface area contributed by atoms with E-state index in [1.54, 1.807) is 0 Å². The van der Waals surface area contributed by atoms with Gasteiger partial charge in [0.25, 0.3) is 6.47 Å². The smallest absolute Gasteiger partial charge is 0.293 e. The maximum Gasteiger partial charge on any atom is 0.293 e. The van der Waals surface area contributed by atoms with Crippen molar-refractivity contribution in [1.82, 2.24) is 0 Å². The lowest BCUT2D eigenvalue weighted by atomic mass is 10.2. The highest BCUT2D eigenvalue weighted by Gasteiger charge is 2.27. The van der Waals surface area contributed by atoms with Crippen LogP contribution in [-0.4, -0.2) is 17.3 Å². The van der Waals surface area contributed by atoms with Crippen LogP contribution in [-0.2, 0) is 14.3 Å². The zero-order chi connectivity index (χ0) is 10.5. The normalized spacial score (nSPS) is 15.4.